The highest BCUT2D eigenvalue weighted by molar-refractivity contribution is 8.05. The normalized spacial score (nSPS) is 23.1. The predicted molar refractivity (Wildman–Crippen MR) is 111 cm³/mol. The van der Waals surface area contributed by atoms with E-state index in [9.17, 15) is 4.79 Å². The molecule has 4 nitrogen and oxygen atoms in total. The van der Waals surface area contributed by atoms with Gasteiger partial charge in [-0.15, -0.1) is 34.9 Å². The molecule has 2 unspecified atom stereocenters. The lowest BCUT2D eigenvalue weighted by Crippen LogP contribution is -2.14. The summed E-state index contributed by atoms with van der Waals surface area (Å²) in [5.74, 6) is 0.989. The molecule has 144 valence electrons. The Balaban J connectivity index is 2.15. The molecule has 1 aliphatic heterocycles. The Labute approximate surface area is 168 Å². The van der Waals surface area contributed by atoms with Gasteiger partial charge in [-0.2, -0.15) is 0 Å². The highest BCUT2D eigenvalue weighted by Crippen LogP contribution is 2.48. The molecule has 0 spiro atoms. The van der Waals surface area contributed by atoms with Crippen molar-refractivity contribution in [2.45, 2.75) is 39.6 Å². The summed E-state index contributed by atoms with van der Waals surface area (Å²) in [6.07, 6.45) is 1.86. The molecule has 2 heterocycles. The van der Waals surface area contributed by atoms with Crippen LogP contribution in [0.4, 0.5) is 0 Å². The van der Waals surface area contributed by atoms with Crippen LogP contribution >= 0.6 is 34.9 Å². The van der Waals surface area contributed by atoms with Crippen LogP contribution in [0.3, 0.4) is 0 Å². The predicted octanol–water partition coefficient (Wildman–Crippen LogP) is 5.64. The van der Waals surface area contributed by atoms with E-state index in [0.717, 1.165) is 15.5 Å². The van der Waals surface area contributed by atoms with Crippen LogP contribution in [0.25, 0.3) is 0 Å². The van der Waals surface area contributed by atoms with E-state index in [-0.39, 0.29) is 5.97 Å². The maximum atomic E-state index is 12.1. The molecule has 0 bridgehead atoms. The number of thioether (sulfide) groups is 2. The summed E-state index contributed by atoms with van der Waals surface area (Å²) in [4.78, 5) is 26.3. The molecule has 2 rings (SSSR count). The van der Waals surface area contributed by atoms with Crippen molar-refractivity contribution < 1.29 is 19.3 Å². The van der Waals surface area contributed by atoms with E-state index in [4.69, 9.17) is 14.5 Å². The smallest absolute Gasteiger partial charge is 0.344 e. The molecule has 0 fully saturated rings. The summed E-state index contributed by atoms with van der Waals surface area (Å²) in [5.41, 5.74) is 1.27. The maximum Gasteiger partial charge on any atom is 0.344 e. The molecule has 0 saturated carbocycles. The second kappa shape index (κ2) is 10.6. The molecule has 2 atom stereocenters. The summed E-state index contributed by atoms with van der Waals surface area (Å²) in [6.45, 7) is 13.6. The van der Waals surface area contributed by atoms with Gasteiger partial charge in [-0.05, 0) is 44.4 Å². The standard InChI is InChI=1S/C19H26O4S3/c1-6-21-19(20)16-9-14(5)25-18(13(4)11-24-16)17-12(3)8-15(26-17)10-23-22-7-2/h8-9,13,18H,5-7,10-11H2,1-4H3/b16-9-. The molecular weight excluding hydrogens is 388 g/mol. The first kappa shape index (κ1) is 21.6. The average molecular weight is 415 g/mol. The van der Waals surface area contributed by atoms with Crippen LogP contribution in [0.5, 0.6) is 0 Å². The summed E-state index contributed by atoms with van der Waals surface area (Å²) in [7, 11) is 0. The fourth-order valence-corrected chi connectivity index (χ4v) is 6.39. The molecule has 0 aromatic carbocycles. The van der Waals surface area contributed by atoms with E-state index >= 15 is 0 Å². The van der Waals surface area contributed by atoms with Crippen molar-refractivity contribution in [2.75, 3.05) is 19.0 Å². The molecule has 0 N–H and O–H groups in total. The van der Waals surface area contributed by atoms with Crippen LogP contribution in [-0.4, -0.2) is 24.9 Å². The SMILES string of the molecule is C=C1/C=C(/C(=O)OCC)SCC(C)C(c2sc(COOCC)cc2C)S1. The van der Waals surface area contributed by atoms with E-state index in [0.29, 0.717) is 35.9 Å². The summed E-state index contributed by atoms with van der Waals surface area (Å²) in [6, 6.07) is 2.17. The lowest BCUT2D eigenvalue weighted by molar-refractivity contribution is -0.300. The van der Waals surface area contributed by atoms with Crippen molar-refractivity contribution in [3.63, 3.8) is 0 Å². The third kappa shape index (κ3) is 5.89. The van der Waals surface area contributed by atoms with Crippen LogP contribution in [0, 0.1) is 12.8 Å². The molecule has 0 saturated heterocycles. The molecule has 1 aromatic heterocycles. The maximum absolute atomic E-state index is 12.1. The van der Waals surface area contributed by atoms with Gasteiger partial charge in [-0.25, -0.2) is 14.6 Å². The Morgan fingerprint density at radius 1 is 1.31 bits per heavy atom. The number of aryl methyl sites for hydroxylation is 1. The quantitative estimate of drug-likeness (QED) is 0.249. The van der Waals surface area contributed by atoms with Gasteiger partial charge in [0.05, 0.1) is 18.1 Å². The second-order valence-electron chi connectivity index (χ2n) is 5.95. The number of thiophene rings is 1. The van der Waals surface area contributed by atoms with Gasteiger partial charge in [0.1, 0.15) is 6.61 Å². The lowest BCUT2D eigenvalue weighted by atomic mass is 10.1. The molecular formula is C19H26O4S3. The first-order valence-electron chi connectivity index (χ1n) is 8.67. The van der Waals surface area contributed by atoms with E-state index in [2.05, 4.69) is 26.5 Å². The van der Waals surface area contributed by atoms with Crippen molar-refractivity contribution in [1.82, 2.24) is 0 Å². The van der Waals surface area contributed by atoms with Gasteiger partial charge in [-0.3, -0.25) is 0 Å². The Morgan fingerprint density at radius 2 is 2.08 bits per heavy atom. The first-order valence-corrected chi connectivity index (χ1v) is 11.3. The van der Waals surface area contributed by atoms with Gasteiger partial charge >= 0.3 is 5.97 Å². The van der Waals surface area contributed by atoms with Gasteiger partial charge in [0.15, 0.2) is 0 Å². The van der Waals surface area contributed by atoms with E-state index in [1.165, 1.54) is 10.4 Å². The number of rotatable bonds is 7. The van der Waals surface area contributed by atoms with Crippen molar-refractivity contribution >= 4 is 40.8 Å². The van der Waals surface area contributed by atoms with Crippen LogP contribution in [-0.2, 0) is 25.9 Å². The fourth-order valence-electron chi connectivity index (χ4n) is 2.54. The average Bonchev–Trinajstić information content (AvgIpc) is 2.95. The Hall–Kier alpha value is -0.730. The molecule has 7 heteroatoms. The number of hydrogen-bond donors (Lipinski definition) is 0. The third-order valence-electron chi connectivity index (χ3n) is 3.73. The highest BCUT2D eigenvalue weighted by Gasteiger charge is 2.28. The number of ether oxygens (including phenoxy) is 1. The zero-order valence-corrected chi connectivity index (χ0v) is 18.2. The largest absolute Gasteiger partial charge is 0.462 e. The second-order valence-corrected chi connectivity index (χ2v) is 9.45. The molecule has 0 aliphatic carbocycles. The monoisotopic (exact) mass is 414 g/mol. The van der Waals surface area contributed by atoms with E-state index in [1.54, 1.807) is 34.9 Å². The minimum atomic E-state index is -0.257. The van der Waals surface area contributed by atoms with Gasteiger partial charge in [0.25, 0.3) is 0 Å². The summed E-state index contributed by atoms with van der Waals surface area (Å²) < 4.78 is 5.14. The number of carbonyl (C=O) groups excluding carboxylic acids is 1. The molecule has 0 radical (unpaired) electrons. The van der Waals surface area contributed by atoms with Crippen molar-refractivity contribution in [1.29, 1.82) is 0 Å². The zero-order chi connectivity index (χ0) is 19.1. The van der Waals surface area contributed by atoms with Crippen LogP contribution < -0.4 is 0 Å². The number of allylic oxidation sites excluding steroid dienone is 1. The van der Waals surface area contributed by atoms with Crippen LogP contribution in [0.15, 0.2) is 28.5 Å². The number of hydrogen-bond acceptors (Lipinski definition) is 7. The molecule has 0 amide bonds. The van der Waals surface area contributed by atoms with Crippen LogP contribution in [0.1, 0.15) is 41.3 Å². The van der Waals surface area contributed by atoms with Gasteiger partial charge in [0.2, 0.25) is 0 Å². The van der Waals surface area contributed by atoms with Crippen molar-refractivity contribution in [3.05, 3.63) is 43.8 Å². The number of carbonyl (C=O) groups is 1. The zero-order valence-electron chi connectivity index (χ0n) is 15.7. The summed E-state index contributed by atoms with van der Waals surface area (Å²) >= 11 is 5.05. The fraction of sp³-hybridized carbons (Fsp3) is 0.526. The van der Waals surface area contributed by atoms with Gasteiger partial charge < -0.3 is 4.74 Å². The highest BCUT2D eigenvalue weighted by atomic mass is 32.2. The number of esters is 1. The topological polar surface area (TPSA) is 44.8 Å². The van der Waals surface area contributed by atoms with E-state index in [1.807, 2.05) is 19.9 Å². The molecule has 1 aromatic rings. The minimum absolute atomic E-state index is 0.257. The first-order chi connectivity index (χ1) is 12.5. The van der Waals surface area contributed by atoms with Gasteiger partial charge in [0, 0.05) is 25.7 Å². The van der Waals surface area contributed by atoms with Gasteiger partial charge in [-0.1, -0.05) is 13.5 Å². The van der Waals surface area contributed by atoms with Crippen LogP contribution in [0.2, 0.25) is 0 Å². The lowest BCUT2D eigenvalue weighted by Gasteiger charge is -2.26. The Kier molecular flexibility index (Phi) is 8.76. The van der Waals surface area contributed by atoms with Crippen molar-refractivity contribution in [2.24, 2.45) is 5.92 Å². The Bertz CT molecular complexity index is 666. The van der Waals surface area contributed by atoms with E-state index < -0.39 is 0 Å². The molecule has 1 aliphatic rings. The Morgan fingerprint density at radius 3 is 2.77 bits per heavy atom. The minimum Gasteiger partial charge on any atom is -0.462 e. The van der Waals surface area contributed by atoms with Crippen molar-refractivity contribution in [3.8, 4) is 0 Å². The summed E-state index contributed by atoms with van der Waals surface area (Å²) in [5, 5.41) is 0.306. The third-order valence-corrected chi connectivity index (χ3v) is 7.84. The molecule has 26 heavy (non-hydrogen) atoms.